The fourth-order valence-electron chi connectivity index (χ4n) is 1.31. The Labute approximate surface area is 99.2 Å². The van der Waals surface area contributed by atoms with Crippen molar-refractivity contribution in [1.29, 1.82) is 0 Å². The van der Waals surface area contributed by atoms with Crippen LogP contribution in [0.25, 0.3) is 0 Å². The molecular formula is C13H26O3. The Morgan fingerprint density at radius 2 is 1.75 bits per heavy atom. The third kappa shape index (κ3) is 4.52. The van der Waals surface area contributed by atoms with E-state index in [1.807, 2.05) is 34.6 Å². The summed E-state index contributed by atoms with van der Waals surface area (Å²) >= 11 is 0. The average molecular weight is 230 g/mol. The first kappa shape index (κ1) is 15.4. The van der Waals surface area contributed by atoms with Crippen LogP contribution in [0.2, 0.25) is 0 Å². The molecule has 1 N–H and O–H groups in total. The Morgan fingerprint density at radius 3 is 2.12 bits per heavy atom. The van der Waals surface area contributed by atoms with Gasteiger partial charge in [-0.05, 0) is 33.1 Å². The highest BCUT2D eigenvalue weighted by Gasteiger charge is 2.37. The lowest BCUT2D eigenvalue weighted by Crippen LogP contribution is -2.43. The van der Waals surface area contributed by atoms with Crippen LogP contribution in [-0.4, -0.2) is 22.3 Å². The predicted molar refractivity (Wildman–Crippen MR) is 65.2 cm³/mol. The minimum atomic E-state index is -1.30. The second-order valence-corrected chi connectivity index (χ2v) is 4.99. The number of esters is 1. The monoisotopic (exact) mass is 230 g/mol. The second-order valence-electron chi connectivity index (χ2n) is 4.99. The van der Waals surface area contributed by atoms with Gasteiger partial charge >= 0.3 is 5.97 Å². The van der Waals surface area contributed by atoms with Crippen molar-refractivity contribution in [2.45, 2.75) is 77.9 Å². The summed E-state index contributed by atoms with van der Waals surface area (Å²) in [6, 6.07) is 0. The first-order valence-corrected chi connectivity index (χ1v) is 6.27. The number of aliphatic hydroxyl groups is 1. The summed E-state index contributed by atoms with van der Waals surface area (Å²) in [5, 5.41) is 10.2. The SMILES string of the molecule is CCCCC(O)(CC)C(=O)OC(C)(C)CC. The Balaban J connectivity index is 4.52. The summed E-state index contributed by atoms with van der Waals surface area (Å²) in [6.45, 7) is 9.54. The van der Waals surface area contributed by atoms with Crippen molar-refractivity contribution in [3.05, 3.63) is 0 Å². The second kappa shape index (κ2) is 6.24. The fraction of sp³-hybridized carbons (Fsp3) is 0.923. The van der Waals surface area contributed by atoms with Crippen LogP contribution in [-0.2, 0) is 9.53 Å². The van der Waals surface area contributed by atoms with Crippen LogP contribution in [0, 0.1) is 0 Å². The third-order valence-electron chi connectivity index (χ3n) is 3.13. The number of carbonyl (C=O) groups excluding carboxylic acids is 1. The van der Waals surface area contributed by atoms with Crippen LogP contribution >= 0.6 is 0 Å². The molecule has 96 valence electrons. The summed E-state index contributed by atoms with van der Waals surface area (Å²) in [5.74, 6) is -0.477. The lowest BCUT2D eigenvalue weighted by molar-refractivity contribution is -0.180. The Hall–Kier alpha value is -0.570. The van der Waals surface area contributed by atoms with E-state index in [0.717, 1.165) is 19.3 Å². The van der Waals surface area contributed by atoms with Gasteiger partial charge in [-0.25, -0.2) is 4.79 Å². The lowest BCUT2D eigenvalue weighted by atomic mass is 9.93. The molecule has 16 heavy (non-hydrogen) atoms. The summed E-state index contributed by atoms with van der Waals surface area (Å²) in [6.07, 6.45) is 3.44. The molecule has 0 aromatic carbocycles. The van der Waals surface area contributed by atoms with Crippen molar-refractivity contribution in [2.75, 3.05) is 0 Å². The molecule has 0 aromatic rings. The largest absolute Gasteiger partial charge is 0.458 e. The number of ether oxygens (including phenoxy) is 1. The zero-order valence-corrected chi connectivity index (χ0v) is 11.3. The molecule has 0 saturated heterocycles. The summed E-state index contributed by atoms with van der Waals surface area (Å²) in [7, 11) is 0. The molecule has 0 spiro atoms. The summed E-state index contributed by atoms with van der Waals surface area (Å²) in [4.78, 5) is 11.9. The lowest BCUT2D eigenvalue weighted by Gasteiger charge is -2.31. The standard InChI is InChI=1S/C13H26O3/c1-6-9-10-13(15,8-3)11(14)16-12(4,5)7-2/h15H,6-10H2,1-5H3. The maximum Gasteiger partial charge on any atom is 0.338 e. The van der Waals surface area contributed by atoms with Crippen LogP contribution in [0.4, 0.5) is 0 Å². The maximum atomic E-state index is 11.9. The zero-order chi connectivity index (χ0) is 12.8. The highest BCUT2D eigenvalue weighted by Crippen LogP contribution is 2.24. The van der Waals surface area contributed by atoms with Crippen LogP contribution in [0.5, 0.6) is 0 Å². The van der Waals surface area contributed by atoms with E-state index in [1.54, 1.807) is 0 Å². The van der Waals surface area contributed by atoms with Crippen LogP contribution < -0.4 is 0 Å². The topological polar surface area (TPSA) is 46.5 Å². The minimum absolute atomic E-state index is 0.408. The van der Waals surface area contributed by atoms with Gasteiger partial charge in [0.05, 0.1) is 0 Å². The maximum absolute atomic E-state index is 11.9. The van der Waals surface area contributed by atoms with Gasteiger partial charge < -0.3 is 9.84 Å². The number of hydrogen-bond acceptors (Lipinski definition) is 3. The van der Waals surface area contributed by atoms with Crippen LogP contribution in [0.1, 0.15) is 66.7 Å². The van der Waals surface area contributed by atoms with Crippen LogP contribution in [0.3, 0.4) is 0 Å². The number of unbranched alkanes of at least 4 members (excludes halogenated alkanes) is 1. The molecule has 0 aliphatic carbocycles. The van der Waals surface area contributed by atoms with E-state index in [4.69, 9.17) is 4.74 Å². The molecule has 0 aromatic heterocycles. The van der Waals surface area contributed by atoms with Gasteiger partial charge in [0.15, 0.2) is 5.60 Å². The number of hydrogen-bond donors (Lipinski definition) is 1. The molecule has 0 aliphatic rings. The van der Waals surface area contributed by atoms with E-state index in [2.05, 4.69) is 0 Å². The molecule has 0 fully saturated rings. The average Bonchev–Trinajstić information content (AvgIpc) is 2.25. The molecule has 0 aliphatic heterocycles. The molecule has 3 nitrogen and oxygen atoms in total. The molecule has 0 amide bonds. The van der Waals surface area contributed by atoms with Crippen molar-refractivity contribution in [3.63, 3.8) is 0 Å². The van der Waals surface area contributed by atoms with Gasteiger partial charge in [-0.2, -0.15) is 0 Å². The molecule has 0 rings (SSSR count). The van der Waals surface area contributed by atoms with Gasteiger partial charge in [-0.1, -0.05) is 33.6 Å². The van der Waals surface area contributed by atoms with Gasteiger partial charge in [0.1, 0.15) is 5.60 Å². The normalized spacial score (nSPS) is 15.6. The van der Waals surface area contributed by atoms with E-state index in [1.165, 1.54) is 0 Å². The van der Waals surface area contributed by atoms with Crippen molar-refractivity contribution >= 4 is 5.97 Å². The molecule has 3 heteroatoms. The Morgan fingerprint density at radius 1 is 1.19 bits per heavy atom. The molecule has 1 unspecified atom stereocenters. The Kier molecular flexibility index (Phi) is 6.01. The number of carbonyl (C=O) groups is 1. The van der Waals surface area contributed by atoms with Crippen molar-refractivity contribution in [3.8, 4) is 0 Å². The molecule has 0 bridgehead atoms. The summed E-state index contributed by atoms with van der Waals surface area (Å²) in [5.41, 5.74) is -1.80. The van der Waals surface area contributed by atoms with E-state index >= 15 is 0 Å². The van der Waals surface area contributed by atoms with Crippen molar-refractivity contribution < 1.29 is 14.6 Å². The van der Waals surface area contributed by atoms with Gasteiger partial charge in [0.25, 0.3) is 0 Å². The van der Waals surface area contributed by atoms with E-state index in [-0.39, 0.29) is 0 Å². The van der Waals surface area contributed by atoms with E-state index < -0.39 is 17.2 Å². The van der Waals surface area contributed by atoms with Gasteiger partial charge in [-0.15, -0.1) is 0 Å². The quantitative estimate of drug-likeness (QED) is 0.684. The Bertz CT molecular complexity index is 223. The smallest absolute Gasteiger partial charge is 0.338 e. The predicted octanol–water partition coefficient (Wildman–Crippen LogP) is 3.05. The van der Waals surface area contributed by atoms with Crippen LogP contribution in [0.15, 0.2) is 0 Å². The summed E-state index contributed by atoms with van der Waals surface area (Å²) < 4.78 is 5.35. The van der Waals surface area contributed by atoms with Gasteiger partial charge in [0, 0.05) is 0 Å². The van der Waals surface area contributed by atoms with E-state index in [0.29, 0.717) is 12.8 Å². The first-order chi connectivity index (χ1) is 7.31. The molecule has 0 radical (unpaired) electrons. The molecular weight excluding hydrogens is 204 g/mol. The zero-order valence-electron chi connectivity index (χ0n) is 11.3. The van der Waals surface area contributed by atoms with E-state index in [9.17, 15) is 9.90 Å². The van der Waals surface area contributed by atoms with Gasteiger partial charge in [-0.3, -0.25) is 0 Å². The third-order valence-corrected chi connectivity index (χ3v) is 3.13. The number of rotatable bonds is 7. The molecule has 0 heterocycles. The fourth-order valence-corrected chi connectivity index (χ4v) is 1.31. The van der Waals surface area contributed by atoms with Crippen molar-refractivity contribution in [1.82, 2.24) is 0 Å². The minimum Gasteiger partial charge on any atom is -0.458 e. The molecule has 1 atom stereocenters. The van der Waals surface area contributed by atoms with Gasteiger partial charge in [0.2, 0.25) is 0 Å². The molecule has 0 saturated carbocycles. The highest BCUT2D eigenvalue weighted by molar-refractivity contribution is 5.79. The van der Waals surface area contributed by atoms with Crippen molar-refractivity contribution in [2.24, 2.45) is 0 Å². The highest BCUT2D eigenvalue weighted by atomic mass is 16.6. The first-order valence-electron chi connectivity index (χ1n) is 6.27.